The number of rotatable bonds is 5. The zero-order valence-corrected chi connectivity index (χ0v) is 15.9. The van der Waals surface area contributed by atoms with Crippen molar-refractivity contribution in [3.63, 3.8) is 0 Å². The van der Waals surface area contributed by atoms with Gasteiger partial charge in [0, 0.05) is 12.7 Å². The minimum Gasteiger partial charge on any atom is -0.347 e. The molecule has 2 aromatic heterocycles. The molecule has 0 saturated carbocycles. The van der Waals surface area contributed by atoms with E-state index in [0.717, 1.165) is 5.56 Å². The molecule has 0 aliphatic carbocycles. The van der Waals surface area contributed by atoms with Crippen LogP contribution in [-0.2, 0) is 6.54 Å². The number of para-hydroxylation sites is 1. The molecule has 4 rings (SSSR count). The van der Waals surface area contributed by atoms with Gasteiger partial charge in [-0.15, -0.1) is 0 Å². The van der Waals surface area contributed by atoms with E-state index in [1.165, 1.54) is 0 Å². The van der Waals surface area contributed by atoms with Crippen LogP contribution in [0.25, 0.3) is 5.52 Å². The Morgan fingerprint density at radius 1 is 0.933 bits per heavy atom. The summed E-state index contributed by atoms with van der Waals surface area (Å²) in [7, 11) is 0. The molecule has 2 N–H and O–H groups in total. The van der Waals surface area contributed by atoms with Crippen LogP contribution < -0.4 is 10.6 Å². The van der Waals surface area contributed by atoms with Gasteiger partial charge in [0.25, 0.3) is 11.8 Å². The van der Waals surface area contributed by atoms with Crippen molar-refractivity contribution < 1.29 is 9.59 Å². The molecule has 0 saturated heterocycles. The lowest BCUT2D eigenvalue weighted by molar-refractivity contribution is 0.0948. The highest BCUT2D eigenvalue weighted by molar-refractivity contribution is 6.06. The average molecular weight is 395 g/mol. The molecular weight excluding hydrogens is 378 g/mol. The summed E-state index contributed by atoms with van der Waals surface area (Å²) in [5.41, 5.74) is 2.35. The van der Waals surface area contributed by atoms with Crippen LogP contribution >= 0.6 is 0 Å². The second-order valence-corrected chi connectivity index (χ2v) is 6.52. The van der Waals surface area contributed by atoms with Gasteiger partial charge in [0.05, 0.1) is 16.8 Å². The fourth-order valence-corrected chi connectivity index (χ4v) is 3.09. The number of hydrogen-bond acceptors (Lipinski definition) is 4. The molecule has 146 valence electrons. The first-order chi connectivity index (χ1) is 14.7. The zero-order chi connectivity index (χ0) is 20.9. The lowest BCUT2D eigenvalue weighted by Crippen LogP contribution is -2.23. The number of imidazole rings is 1. The SMILES string of the molecule is N#Cc1ccccc1NC(=O)c1nc(C(=O)NCc2ccccc2)c2ccccn12. The third kappa shape index (κ3) is 3.75. The molecular formula is C23H17N5O2. The molecule has 2 aromatic carbocycles. The molecule has 2 amide bonds. The Bertz CT molecular complexity index is 1270. The molecule has 0 aliphatic heterocycles. The van der Waals surface area contributed by atoms with Gasteiger partial charge in [-0.1, -0.05) is 48.5 Å². The third-order valence-electron chi connectivity index (χ3n) is 4.56. The average Bonchev–Trinajstić information content (AvgIpc) is 3.18. The second-order valence-electron chi connectivity index (χ2n) is 6.52. The number of carbonyl (C=O) groups excluding carboxylic acids is 2. The Morgan fingerprint density at radius 3 is 2.47 bits per heavy atom. The van der Waals surface area contributed by atoms with E-state index in [4.69, 9.17) is 0 Å². The molecule has 0 bridgehead atoms. The van der Waals surface area contributed by atoms with Crippen molar-refractivity contribution in [2.75, 3.05) is 5.32 Å². The molecule has 4 aromatic rings. The standard InChI is InChI=1S/C23H17N5O2/c24-14-17-10-4-5-11-18(17)26-23(30)21-27-20(19-12-6-7-13-28(19)21)22(29)25-15-16-8-2-1-3-9-16/h1-13H,15H2,(H,25,29)(H,26,30). The number of benzene rings is 2. The minimum atomic E-state index is -0.513. The number of nitriles is 1. The smallest absolute Gasteiger partial charge is 0.292 e. The predicted octanol–water partition coefficient (Wildman–Crippen LogP) is 3.39. The number of hydrogen-bond donors (Lipinski definition) is 2. The van der Waals surface area contributed by atoms with Crippen LogP contribution in [0.3, 0.4) is 0 Å². The summed E-state index contributed by atoms with van der Waals surface area (Å²) in [5, 5.41) is 14.8. The molecule has 2 heterocycles. The molecule has 0 radical (unpaired) electrons. The van der Waals surface area contributed by atoms with E-state index in [1.807, 2.05) is 36.4 Å². The number of fused-ring (bicyclic) bond motifs is 1. The lowest BCUT2D eigenvalue weighted by atomic mass is 10.2. The summed E-state index contributed by atoms with van der Waals surface area (Å²) in [6.07, 6.45) is 1.67. The fraction of sp³-hybridized carbons (Fsp3) is 0.0435. The van der Waals surface area contributed by atoms with E-state index in [0.29, 0.717) is 23.3 Å². The molecule has 0 atom stereocenters. The van der Waals surface area contributed by atoms with E-state index < -0.39 is 5.91 Å². The Balaban J connectivity index is 1.63. The van der Waals surface area contributed by atoms with Gasteiger partial charge < -0.3 is 10.6 Å². The maximum absolute atomic E-state index is 12.9. The normalized spacial score (nSPS) is 10.4. The molecule has 0 aliphatic rings. The minimum absolute atomic E-state index is 0.0585. The first-order valence-corrected chi connectivity index (χ1v) is 9.27. The van der Waals surface area contributed by atoms with Crippen molar-refractivity contribution in [1.29, 1.82) is 5.26 Å². The van der Waals surface area contributed by atoms with Gasteiger partial charge in [0.15, 0.2) is 5.69 Å². The van der Waals surface area contributed by atoms with E-state index in [1.54, 1.807) is 53.1 Å². The van der Waals surface area contributed by atoms with Gasteiger partial charge in [0.2, 0.25) is 5.82 Å². The van der Waals surface area contributed by atoms with Crippen LogP contribution in [0.5, 0.6) is 0 Å². The van der Waals surface area contributed by atoms with Crippen LogP contribution in [0.2, 0.25) is 0 Å². The summed E-state index contributed by atoms with van der Waals surface area (Å²) in [6, 6.07) is 23.5. The van der Waals surface area contributed by atoms with E-state index in [-0.39, 0.29) is 17.4 Å². The van der Waals surface area contributed by atoms with Crippen LogP contribution in [0.15, 0.2) is 79.0 Å². The van der Waals surface area contributed by atoms with Crippen molar-refractivity contribution in [2.45, 2.75) is 6.54 Å². The van der Waals surface area contributed by atoms with Gasteiger partial charge in [0.1, 0.15) is 6.07 Å². The van der Waals surface area contributed by atoms with E-state index in [2.05, 4.69) is 15.6 Å². The summed E-state index contributed by atoms with van der Waals surface area (Å²) in [5.74, 6) is -0.830. The quantitative estimate of drug-likeness (QED) is 0.541. The first-order valence-electron chi connectivity index (χ1n) is 9.27. The number of aromatic nitrogens is 2. The fourth-order valence-electron chi connectivity index (χ4n) is 3.09. The summed E-state index contributed by atoms with van der Waals surface area (Å²) >= 11 is 0. The van der Waals surface area contributed by atoms with Crippen LogP contribution in [-0.4, -0.2) is 21.2 Å². The highest BCUT2D eigenvalue weighted by Crippen LogP contribution is 2.18. The Kier molecular flexibility index (Phi) is 5.22. The Labute approximate surface area is 172 Å². The summed E-state index contributed by atoms with van der Waals surface area (Å²) < 4.78 is 1.56. The third-order valence-corrected chi connectivity index (χ3v) is 4.56. The van der Waals surface area contributed by atoms with E-state index >= 15 is 0 Å². The van der Waals surface area contributed by atoms with Crippen LogP contribution in [0, 0.1) is 11.3 Å². The van der Waals surface area contributed by atoms with Crippen molar-refractivity contribution in [3.8, 4) is 6.07 Å². The van der Waals surface area contributed by atoms with Crippen LogP contribution in [0.4, 0.5) is 5.69 Å². The topological polar surface area (TPSA) is 99.3 Å². The van der Waals surface area contributed by atoms with Gasteiger partial charge in [-0.2, -0.15) is 5.26 Å². The number of carbonyl (C=O) groups is 2. The molecule has 0 unspecified atom stereocenters. The van der Waals surface area contributed by atoms with Crippen LogP contribution in [0.1, 0.15) is 32.2 Å². The number of amides is 2. The maximum Gasteiger partial charge on any atom is 0.292 e. The van der Waals surface area contributed by atoms with Gasteiger partial charge in [-0.05, 0) is 29.8 Å². The van der Waals surface area contributed by atoms with Crippen molar-refractivity contribution in [3.05, 3.63) is 102 Å². The summed E-state index contributed by atoms with van der Waals surface area (Å²) in [4.78, 5) is 29.9. The maximum atomic E-state index is 12.9. The second kappa shape index (κ2) is 8.29. The molecule has 0 fully saturated rings. The Morgan fingerprint density at radius 2 is 1.67 bits per heavy atom. The van der Waals surface area contributed by atoms with Crippen molar-refractivity contribution in [1.82, 2.24) is 14.7 Å². The molecule has 7 nitrogen and oxygen atoms in total. The summed E-state index contributed by atoms with van der Waals surface area (Å²) in [6.45, 7) is 0.350. The highest BCUT2D eigenvalue weighted by Gasteiger charge is 2.22. The lowest BCUT2D eigenvalue weighted by Gasteiger charge is -2.05. The zero-order valence-electron chi connectivity index (χ0n) is 15.9. The monoisotopic (exact) mass is 395 g/mol. The predicted molar refractivity (Wildman–Crippen MR) is 112 cm³/mol. The number of anilines is 1. The van der Waals surface area contributed by atoms with Crippen molar-refractivity contribution in [2.24, 2.45) is 0 Å². The Hall–Kier alpha value is -4.44. The first kappa shape index (κ1) is 18.9. The van der Waals surface area contributed by atoms with E-state index in [9.17, 15) is 14.9 Å². The number of nitrogens with zero attached hydrogens (tertiary/aromatic N) is 3. The van der Waals surface area contributed by atoms with Gasteiger partial charge in [-0.25, -0.2) is 4.98 Å². The largest absolute Gasteiger partial charge is 0.347 e. The molecule has 30 heavy (non-hydrogen) atoms. The van der Waals surface area contributed by atoms with Crippen molar-refractivity contribution >= 4 is 23.0 Å². The number of pyridine rings is 1. The molecule has 0 spiro atoms. The van der Waals surface area contributed by atoms with Gasteiger partial charge in [-0.3, -0.25) is 14.0 Å². The number of nitrogens with one attached hydrogen (secondary N) is 2. The van der Waals surface area contributed by atoms with Gasteiger partial charge >= 0.3 is 0 Å². The highest BCUT2D eigenvalue weighted by atomic mass is 16.2. The molecule has 7 heteroatoms.